The maximum Gasteiger partial charge on any atom is 0.263 e. The topological polar surface area (TPSA) is 49.9 Å². The van der Waals surface area contributed by atoms with Crippen molar-refractivity contribution in [2.45, 2.75) is 45.1 Å². The van der Waals surface area contributed by atoms with E-state index in [4.69, 9.17) is 4.74 Å². The number of carbonyl (C=O) groups is 2. The van der Waals surface area contributed by atoms with Gasteiger partial charge in [0.25, 0.3) is 11.8 Å². The van der Waals surface area contributed by atoms with Crippen LogP contribution in [0.25, 0.3) is 0 Å². The Kier molecular flexibility index (Phi) is 6.90. The maximum absolute atomic E-state index is 12.7. The van der Waals surface area contributed by atoms with Gasteiger partial charge in [0, 0.05) is 31.7 Å². The molecule has 1 atom stereocenters. The van der Waals surface area contributed by atoms with Gasteiger partial charge in [0.2, 0.25) is 0 Å². The van der Waals surface area contributed by atoms with Gasteiger partial charge in [0.1, 0.15) is 5.75 Å². The van der Waals surface area contributed by atoms with Crippen LogP contribution in [0.1, 0.15) is 48.5 Å². The molecule has 2 amide bonds. The van der Waals surface area contributed by atoms with Crippen LogP contribution in [0.15, 0.2) is 54.6 Å². The van der Waals surface area contributed by atoms with E-state index in [9.17, 15) is 9.59 Å². The maximum atomic E-state index is 12.7. The molecule has 0 aliphatic carbocycles. The lowest BCUT2D eigenvalue weighted by Crippen LogP contribution is -2.45. The van der Waals surface area contributed by atoms with Crippen molar-refractivity contribution in [3.05, 3.63) is 65.7 Å². The molecule has 0 spiro atoms. The molecule has 164 valence electrons. The number of hydrogen-bond acceptors (Lipinski definition) is 3. The third-order valence-electron chi connectivity index (χ3n) is 6.45. The number of amides is 2. The molecule has 0 aromatic heterocycles. The Morgan fingerprint density at radius 3 is 2.19 bits per heavy atom. The number of nitrogens with zero attached hydrogens (tertiary/aromatic N) is 2. The molecule has 2 aromatic carbocycles. The molecule has 2 aliphatic rings. The summed E-state index contributed by atoms with van der Waals surface area (Å²) in [6.45, 7) is 5.14. The lowest BCUT2D eigenvalue weighted by atomic mass is 9.89. The zero-order chi connectivity index (χ0) is 21.6. The Labute approximate surface area is 185 Å². The van der Waals surface area contributed by atoms with E-state index in [1.807, 2.05) is 59.2 Å². The number of benzene rings is 2. The molecule has 5 nitrogen and oxygen atoms in total. The van der Waals surface area contributed by atoms with Crippen LogP contribution >= 0.6 is 0 Å². The minimum absolute atomic E-state index is 0.0621. The predicted octanol–water partition coefficient (Wildman–Crippen LogP) is 4.17. The van der Waals surface area contributed by atoms with E-state index in [2.05, 4.69) is 12.1 Å². The van der Waals surface area contributed by atoms with E-state index in [0.717, 1.165) is 69.6 Å². The van der Waals surface area contributed by atoms with Gasteiger partial charge in [-0.1, -0.05) is 30.3 Å². The Hall–Kier alpha value is -2.82. The molecule has 2 fully saturated rings. The molecule has 0 saturated carbocycles. The highest BCUT2D eigenvalue weighted by Gasteiger charge is 2.27. The summed E-state index contributed by atoms with van der Waals surface area (Å²) < 4.78 is 5.80. The first-order chi connectivity index (χ1) is 15.1. The van der Waals surface area contributed by atoms with Gasteiger partial charge in [0.05, 0.1) is 0 Å². The number of piperidine rings is 1. The molecule has 0 radical (unpaired) electrons. The van der Waals surface area contributed by atoms with Crippen LogP contribution in [0.4, 0.5) is 0 Å². The second-order valence-corrected chi connectivity index (χ2v) is 8.74. The van der Waals surface area contributed by atoms with E-state index in [0.29, 0.717) is 5.92 Å². The SMILES string of the molecule is CC(Oc1ccccc1)C(=O)N1CCC(Cc2ccc(C(=O)N3CCCC3)cc2)CC1. The van der Waals surface area contributed by atoms with Gasteiger partial charge in [-0.25, -0.2) is 0 Å². The predicted molar refractivity (Wildman–Crippen MR) is 121 cm³/mol. The van der Waals surface area contributed by atoms with Crippen molar-refractivity contribution in [2.24, 2.45) is 5.92 Å². The first-order valence-electron chi connectivity index (χ1n) is 11.5. The normalized spacial score (nSPS) is 18.1. The van der Waals surface area contributed by atoms with Crippen LogP contribution in [-0.2, 0) is 11.2 Å². The Morgan fingerprint density at radius 2 is 1.55 bits per heavy atom. The molecule has 0 bridgehead atoms. The molecule has 2 aliphatic heterocycles. The van der Waals surface area contributed by atoms with Crippen LogP contribution in [0.3, 0.4) is 0 Å². The van der Waals surface area contributed by atoms with E-state index >= 15 is 0 Å². The van der Waals surface area contributed by atoms with Gasteiger partial charge in [-0.3, -0.25) is 9.59 Å². The molecule has 1 unspecified atom stereocenters. The summed E-state index contributed by atoms with van der Waals surface area (Å²) in [4.78, 5) is 29.1. The molecule has 2 heterocycles. The molecule has 31 heavy (non-hydrogen) atoms. The van der Waals surface area contributed by atoms with E-state index < -0.39 is 6.10 Å². The van der Waals surface area contributed by atoms with Crippen LogP contribution in [0, 0.1) is 5.92 Å². The Morgan fingerprint density at radius 1 is 0.903 bits per heavy atom. The van der Waals surface area contributed by atoms with Crippen molar-refractivity contribution in [1.82, 2.24) is 9.80 Å². The third-order valence-corrected chi connectivity index (χ3v) is 6.45. The summed E-state index contributed by atoms with van der Waals surface area (Å²) in [6.07, 6.45) is 4.75. The molecule has 4 rings (SSSR count). The summed E-state index contributed by atoms with van der Waals surface area (Å²) in [5.41, 5.74) is 2.06. The van der Waals surface area contributed by atoms with Crippen molar-refractivity contribution < 1.29 is 14.3 Å². The van der Waals surface area contributed by atoms with E-state index in [1.165, 1.54) is 5.56 Å². The van der Waals surface area contributed by atoms with E-state index in [-0.39, 0.29) is 11.8 Å². The summed E-state index contributed by atoms with van der Waals surface area (Å²) in [5.74, 6) is 1.51. The van der Waals surface area contributed by atoms with Gasteiger partial charge in [-0.15, -0.1) is 0 Å². The number of hydrogen-bond donors (Lipinski definition) is 0. The summed E-state index contributed by atoms with van der Waals surface area (Å²) in [7, 11) is 0. The number of rotatable bonds is 6. The zero-order valence-electron chi connectivity index (χ0n) is 18.3. The second-order valence-electron chi connectivity index (χ2n) is 8.74. The highest BCUT2D eigenvalue weighted by molar-refractivity contribution is 5.94. The van der Waals surface area contributed by atoms with Crippen LogP contribution in [-0.4, -0.2) is 53.9 Å². The average molecular weight is 421 g/mol. The van der Waals surface area contributed by atoms with Crippen molar-refractivity contribution >= 4 is 11.8 Å². The fourth-order valence-electron chi connectivity index (χ4n) is 4.59. The van der Waals surface area contributed by atoms with Gasteiger partial charge >= 0.3 is 0 Å². The zero-order valence-corrected chi connectivity index (χ0v) is 18.3. The number of ether oxygens (including phenoxy) is 1. The standard InChI is InChI=1S/C26H32N2O3/c1-20(31-24-7-3-2-4-8-24)25(29)28-17-13-22(14-18-28)19-21-9-11-23(12-10-21)26(30)27-15-5-6-16-27/h2-4,7-12,20,22H,5-6,13-19H2,1H3. The molecule has 2 saturated heterocycles. The smallest absolute Gasteiger partial charge is 0.263 e. The van der Waals surface area contributed by atoms with E-state index in [1.54, 1.807) is 0 Å². The Balaban J connectivity index is 1.24. The fourth-order valence-corrected chi connectivity index (χ4v) is 4.59. The number of likely N-dealkylation sites (tertiary alicyclic amines) is 2. The summed E-state index contributed by atoms with van der Waals surface area (Å²) in [5, 5.41) is 0. The average Bonchev–Trinajstić information content (AvgIpc) is 3.35. The lowest BCUT2D eigenvalue weighted by molar-refractivity contribution is -0.139. The van der Waals surface area contributed by atoms with Crippen LogP contribution in [0.5, 0.6) is 5.75 Å². The van der Waals surface area contributed by atoms with Crippen molar-refractivity contribution in [1.29, 1.82) is 0 Å². The second kappa shape index (κ2) is 9.99. The molecular formula is C26H32N2O3. The number of para-hydroxylation sites is 1. The van der Waals surface area contributed by atoms with Gasteiger partial charge < -0.3 is 14.5 Å². The van der Waals surface area contributed by atoms with Crippen LogP contribution < -0.4 is 4.74 Å². The molecular weight excluding hydrogens is 388 g/mol. The minimum atomic E-state index is -0.473. The molecule has 0 N–H and O–H groups in total. The Bertz CT molecular complexity index is 867. The summed E-state index contributed by atoms with van der Waals surface area (Å²) in [6, 6.07) is 17.6. The first kappa shape index (κ1) is 21.4. The number of carbonyl (C=O) groups excluding carboxylic acids is 2. The first-order valence-corrected chi connectivity index (χ1v) is 11.5. The van der Waals surface area contributed by atoms with Gasteiger partial charge in [-0.05, 0) is 74.8 Å². The quantitative estimate of drug-likeness (QED) is 0.705. The van der Waals surface area contributed by atoms with Gasteiger partial charge in [0.15, 0.2) is 6.10 Å². The molecule has 5 heteroatoms. The minimum Gasteiger partial charge on any atom is -0.481 e. The van der Waals surface area contributed by atoms with Crippen molar-refractivity contribution in [2.75, 3.05) is 26.2 Å². The van der Waals surface area contributed by atoms with Gasteiger partial charge in [-0.2, -0.15) is 0 Å². The lowest BCUT2D eigenvalue weighted by Gasteiger charge is -2.33. The highest BCUT2D eigenvalue weighted by atomic mass is 16.5. The van der Waals surface area contributed by atoms with Crippen LogP contribution in [0.2, 0.25) is 0 Å². The summed E-state index contributed by atoms with van der Waals surface area (Å²) >= 11 is 0. The van der Waals surface area contributed by atoms with Crippen molar-refractivity contribution in [3.8, 4) is 5.75 Å². The third kappa shape index (κ3) is 5.46. The van der Waals surface area contributed by atoms with Crippen molar-refractivity contribution in [3.63, 3.8) is 0 Å². The fraction of sp³-hybridized carbons (Fsp3) is 0.462. The molecule has 2 aromatic rings. The highest BCUT2D eigenvalue weighted by Crippen LogP contribution is 2.23. The largest absolute Gasteiger partial charge is 0.481 e. The monoisotopic (exact) mass is 420 g/mol.